The van der Waals surface area contributed by atoms with Crippen molar-refractivity contribution in [2.45, 2.75) is 27.2 Å². The van der Waals surface area contributed by atoms with Crippen molar-refractivity contribution in [3.63, 3.8) is 0 Å². The van der Waals surface area contributed by atoms with E-state index in [1.165, 1.54) is 0 Å². The van der Waals surface area contributed by atoms with Gasteiger partial charge in [-0.3, -0.25) is 9.69 Å². The summed E-state index contributed by atoms with van der Waals surface area (Å²) in [6, 6.07) is 7.94. The molecule has 1 aromatic heterocycles. The maximum Gasteiger partial charge on any atom is 0.229 e. The summed E-state index contributed by atoms with van der Waals surface area (Å²) in [6.45, 7) is 7.24. The number of ether oxygens (including phenoxy) is 1. The van der Waals surface area contributed by atoms with E-state index >= 15 is 0 Å². The predicted molar refractivity (Wildman–Crippen MR) is 87.9 cm³/mol. The summed E-state index contributed by atoms with van der Waals surface area (Å²) in [5.74, 6) is 0.0959. The van der Waals surface area contributed by atoms with Crippen molar-refractivity contribution >= 4 is 32.6 Å². The molecule has 2 rings (SSSR count). The second-order valence-corrected chi connectivity index (χ2v) is 7.25. The number of rotatable bonds is 5. The van der Waals surface area contributed by atoms with Gasteiger partial charge in [0, 0.05) is 13.5 Å². The topological polar surface area (TPSA) is 42.4 Å². The minimum absolute atomic E-state index is 0.0426. The molecule has 0 aliphatic rings. The van der Waals surface area contributed by atoms with Crippen LogP contribution in [0.3, 0.4) is 0 Å². The molecule has 0 saturated carbocycles. The van der Waals surface area contributed by atoms with Gasteiger partial charge in [-0.05, 0) is 17.5 Å². The van der Waals surface area contributed by atoms with E-state index in [0.717, 1.165) is 15.3 Å². The molecule has 0 bridgehead atoms. The fourth-order valence-electron chi connectivity index (χ4n) is 2.03. The van der Waals surface area contributed by atoms with E-state index in [1.54, 1.807) is 23.3 Å². The fourth-order valence-corrected chi connectivity index (χ4v) is 3.04. The van der Waals surface area contributed by atoms with Crippen LogP contribution in [0.5, 0.6) is 0 Å². The molecule has 0 aliphatic carbocycles. The lowest BCUT2D eigenvalue weighted by Gasteiger charge is -2.24. The highest BCUT2D eigenvalue weighted by molar-refractivity contribution is 7.22. The first kappa shape index (κ1) is 15.9. The molecule has 2 aromatic rings. The molecule has 1 aromatic carbocycles. The number of hydrogen-bond donors (Lipinski definition) is 0. The first-order valence-corrected chi connectivity index (χ1v) is 7.87. The SMILES string of the molecule is COCCN(C(=O)CC(C)(C)C)c1nc2ccccc2s1. The normalized spacial score (nSPS) is 11.8. The number of anilines is 1. The van der Waals surface area contributed by atoms with Gasteiger partial charge in [0.05, 0.1) is 23.4 Å². The van der Waals surface area contributed by atoms with Crippen molar-refractivity contribution < 1.29 is 9.53 Å². The molecular formula is C16H22N2O2S. The number of methoxy groups -OCH3 is 1. The van der Waals surface area contributed by atoms with Crippen LogP contribution in [0.15, 0.2) is 24.3 Å². The molecule has 0 fully saturated rings. The number of carbonyl (C=O) groups is 1. The van der Waals surface area contributed by atoms with E-state index in [4.69, 9.17) is 4.74 Å². The Kier molecular flexibility index (Phi) is 4.96. The molecule has 0 N–H and O–H groups in total. The average molecular weight is 306 g/mol. The molecular weight excluding hydrogens is 284 g/mol. The summed E-state index contributed by atoms with van der Waals surface area (Å²) < 4.78 is 6.23. The lowest BCUT2D eigenvalue weighted by molar-refractivity contribution is -0.120. The monoisotopic (exact) mass is 306 g/mol. The molecule has 0 radical (unpaired) electrons. The van der Waals surface area contributed by atoms with E-state index in [1.807, 2.05) is 24.3 Å². The van der Waals surface area contributed by atoms with E-state index in [-0.39, 0.29) is 11.3 Å². The molecule has 114 valence electrons. The summed E-state index contributed by atoms with van der Waals surface area (Å²) in [7, 11) is 1.64. The molecule has 21 heavy (non-hydrogen) atoms. The summed E-state index contributed by atoms with van der Waals surface area (Å²) in [6.07, 6.45) is 0.493. The highest BCUT2D eigenvalue weighted by Gasteiger charge is 2.24. The summed E-state index contributed by atoms with van der Waals surface area (Å²) in [4.78, 5) is 18.9. The zero-order valence-electron chi connectivity index (χ0n) is 13.0. The Bertz CT molecular complexity index is 583. The van der Waals surface area contributed by atoms with Gasteiger partial charge < -0.3 is 4.74 Å². The van der Waals surface area contributed by atoms with Crippen LogP contribution < -0.4 is 4.90 Å². The van der Waals surface area contributed by atoms with Gasteiger partial charge in [-0.15, -0.1) is 0 Å². The van der Waals surface area contributed by atoms with Gasteiger partial charge in [0.15, 0.2) is 5.13 Å². The van der Waals surface area contributed by atoms with E-state index in [2.05, 4.69) is 25.8 Å². The van der Waals surface area contributed by atoms with E-state index in [0.29, 0.717) is 19.6 Å². The Labute approximate surface area is 129 Å². The van der Waals surface area contributed by atoms with Gasteiger partial charge in [0.1, 0.15) is 0 Å². The lowest BCUT2D eigenvalue weighted by atomic mass is 9.92. The molecule has 0 spiro atoms. The van der Waals surface area contributed by atoms with Crippen LogP contribution in [-0.4, -0.2) is 31.2 Å². The van der Waals surface area contributed by atoms with E-state index in [9.17, 15) is 4.79 Å². The van der Waals surface area contributed by atoms with Crippen molar-refractivity contribution in [3.8, 4) is 0 Å². The van der Waals surface area contributed by atoms with E-state index < -0.39 is 0 Å². The van der Waals surface area contributed by atoms with Gasteiger partial charge in [0.2, 0.25) is 5.91 Å². The van der Waals surface area contributed by atoms with Crippen LogP contribution in [0.1, 0.15) is 27.2 Å². The maximum absolute atomic E-state index is 12.6. The number of fused-ring (bicyclic) bond motifs is 1. The first-order chi connectivity index (χ1) is 9.90. The number of nitrogens with zero attached hydrogens (tertiary/aromatic N) is 2. The van der Waals surface area contributed by atoms with Crippen molar-refractivity contribution in [1.29, 1.82) is 0 Å². The molecule has 4 nitrogen and oxygen atoms in total. The summed E-state index contributed by atoms with van der Waals surface area (Å²) in [5.41, 5.74) is 0.891. The molecule has 0 atom stereocenters. The number of para-hydroxylation sites is 1. The van der Waals surface area contributed by atoms with Crippen molar-refractivity contribution in [2.24, 2.45) is 5.41 Å². The quantitative estimate of drug-likeness (QED) is 0.845. The number of thiazole rings is 1. The van der Waals surface area contributed by atoms with Gasteiger partial charge in [-0.2, -0.15) is 0 Å². The van der Waals surface area contributed by atoms with Crippen LogP contribution >= 0.6 is 11.3 Å². The number of benzene rings is 1. The zero-order chi connectivity index (χ0) is 15.5. The number of carbonyl (C=O) groups excluding carboxylic acids is 1. The third-order valence-corrected chi connectivity index (χ3v) is 4.07. The number of hydrogen-bond acceptors (Lipinski definition) is 4. The Balaban J connectivity index is 2.28. The van der Waals surface area contributed by atoms with Crippen molar-refractivity contribution in [3.05, 3.63) is 24.3 Å². The lowest BCUT2D eigenvalue weighted by Crippen LogP contribution is -2.36. The Morgan fingerprint density at radius 3 is 2.67 bits per heavy atom. The minimum Gasteiger partial charge on any atom is -0.383 e. The highest BCUT2D eigenvalue weighted by atomic mass is 32.1. The molecule has 0 saturated heterocycles. The van der Waals surface area contributed by atoms with Crippen LogP contribution in [-0.2, 0) is 9.53 Å². The fraction of sp³-hybridized carbons (Fsp3) is 0.500. The highest BCUT2D eigenvalue weighted by Crippen LogP contribution is 2.30. The van der Waals surface area contributed by atoms with Gasteiger partial charge >= 0.3 is 0 Å². The average Bonchev–Trinajstić information content (AvgIpc) is 2.80. The van der Waals surface area contributed by atoms with Crippen LogP contribution in [0, 0.1) is 5.41 Å². The second kappa shape index (κ2) is 6.54. The van der Waals surface area contributed by atoms with Gasteiger partial charge in [-0.25, -0.2) is 4.98 Å². The standard InChI is InChI=1S/C16H22N2O2S/c1-16(2,3)11-14(19)18(9-10-20-4)15-17-12-7-5-6-8-13(12)21-15/h5-8H,9-11H2,1-4H3. The van der Waals surface area contributed by atoms with Crippen LogP contribution in [0.4, 0.5) is 5.13 Å². The molecule has 1 amide bonds. The molecule has 0 aliphatic heterocycles. The zero-order valence-corrected chi connectivity index (χ0v) is 13.9. The third kappa shape index (κ3) is 4.25. The molecule has 1 heterocycles. The summed E-state index contributed by atoms with van der Waals surface area (Å²) in [5, 5.41) is 0.752. The smallest absolute Gasteiger partial charge is 0.229 e. The first-order valence-electron chi connectivity index (χ1n) is 7.05. The Morgan fingerprint density at radius 1 is 1.33 bits per heavy atom. The van der Waals surface area contributed by atoms with Crippen molar-refractivity contribution in [1.82, 2.24) is 4.98 Å². The molecule has 0 unspecified atom stereocenters. The number of aromatic nitrogens is 1. The van der Waals surface area contributed by atoms with Crippen molar-refractivity contribution in [2.75, 3.05) is 25.2 Å². The largest absolute Gasteiger partial charge is 0.383 e. The minimum atomic E-state index is -0.0426. The Morgan fingerprint density at radius 2 is 2.05 bits per heavy atom. The predicted octanol–water partition coefficient (Wildman–Crippen LogP) is 3.71. The second-order valence-electron chi connectivity index (χ2n) is 6.24. The van der Waals surface area contributed by atoms with Crippen LogP contribution in [0.2, 0.25) is 0 Å². The molecule has 5 heteroatoms. The third-order valence-electron chi connectivity index (χ3n) is 3.02. The number of amides is 1. The van der Waals surface area contributed by atoms with Gasteiger partial charge in [-0.1, -0.05) is 44.2 Å². The van der Waals surface area contributed by atoms with Crippen LogP contribution in [0.25, 0.3) is 10.2 Å². The maximum atomic E-state index is 12.6. The Hall–Kier alpha value is -1.46. The summed E-state index contributed by atoms with van der Waals surface area (Å²) >= 11 is 1.55. The van der Waals surface area contributed by atoms with Gasteiger partial charge in [0.25, 0.3) is 0 Å².